The van der Waals surface area contributed by atoms with Crippen LogP contribution < -0.4 is 10.6 Å². The average Bonchev–Trinajstić information content (AvgIpc) is 3.61. The van der Waals surface area contributed by atoms with Gasteiger partial charge in [-0.1, -0.05) is 30.3 Å². The summed E-state index contributed by atoms with van der Waals surface area (Å²) in [7, 11) is 0. The molecule has 4 rings (SSSR count). The van der Waals surface area contributed by atoms with E-state index < -0.39 is 5.54 Å². The summed E-state index contributed by atoms with van der Waals surface area (Å²) in [6.07, 6.45) is 2.69. The van der Waals surface area contributed by atoms with Crippen LogP contribution in [0.4, 0.5) is 4.39 Å². The van der Waals surface area contributed by atoms with Gasteiger partial charge in [0.1, 0.15) is 5.82 Å². The first-order valence-electron chi connectivity index (χ1n) is 11.5. The van der Waals surface area contributed by atoms with Gasteiger partial charge in [0.05, 0.1) is 11.5 Å². The van der Waals surface area contributed by atoms with Crippen molar-refractivity contribution in [2.45, 2.75) is 57.7 Å². The van der Waals surface area contributed by atoms with Gasteiger partial charge >= 0.3 is 0 Å². The molecule has 2 N–H and O–H groups in total. The molecular weight excluding hydrogens is 441 g/mol. The Hall–Kier alpha value is -2.44. The number of carbonyl (C=O) groups is 2. The van der Waals surface area contributed by atoms with Crippen molar-refractivity contribution in [3.05, 3.63) is 71.0 Å². The van der Waals surface area contributed by atoms with Crippen LogP contribution in [0.15, 0.2) is 48.5 Å². The summed E-state index contributed by atoms with van der Waals surface area (Å²) in [5.41, 5.74) is 1.50. The van der Waals surface area contributed by atoms with E-state index in [2.05, 4.69) is 36.6 Å². The van der Waals surface area contributed by atoms with E-state index in [4.69, 9.17) is 0 Å². The van der Waals surface area contributed by atoms with E-state index >= 15 is 0 Å². The molecule has 0 aromatic heterocycles. The van der Waals surface area contributed by atoms with Crippen molar-refractivity contribution < 1.29 is 14.0 Å². The molecule has 1 heterocycles. The van der Waals surface area contributed by atoms with Gasteiger partial charge in [-0.3, -0.25) is 9.59 Å². The number of nitrogens with one attached hydrogen (secondary N) is 2. The summed E-state index contributed by atoms with van der Waals surface area (Å²) in [4.78, 5) is 28.9. The molecular formula is C26H33ClFN3O2. The van der Waals surface area contributed by atoms with Crippen LogP contribution in [0.3, 0.4) is 0 Å². The third-order valence-corrected chi connectivity index (χ3v) is 6.77. The zero-order valence-corrected chi connectivity index (χ0v) is 20.3. The molecule has 0 radical (unpaired) electrons. The molecule has 7 heteroatoms. The second-order valence-electron chi connectivity index (χ2n) is 9.51. The van der Waals surface area contributed by atoms with E-state index in [1.807, 2.05) is 23.1 Å². The number of hydrogen-bond acceptors (Lipinski definition) is 3. The summed E-state index contributed by atoms with van der Waals surface area (Å²) in [6, 6.07) is 14.4. The van der Waals surface area contributed by atoms with E-state index in [1.54, 1.807) is 13.0 Å². The highest BCUT2D eigenvalue weighted by atomic mass is 35.5. The van der Waals surface area contributed by atoms with Crippen LogP contribution in [0.5, 0.6) is 0 Å². The highest BCUT2D eigenvalue weighted by Gasteiger charge is 2.46. The minimum Gasteiger partial charge on any atom is -0.348 e. The highest BCUT2D eigenvalue weighted by Crippen LogP contribution is 2.40. The van der Waals surface area contributed by atoms with Crippen LogP contribution in [0.2, 0.25) is 0 Å². The molecule has 1 aliphatic carbocycles. The van der Waals surface area contributed by atoms with E-state index in [0.717, 1.165) is 24.9 Å². The van der Waals surface area contributed by atoms with Crippen LogP contribution >= 0.6 is 12.4 Å². The van der Waals surface area contributed by atoms with Gasteiger partial charge in [-0.15, -0.1) is 12.4 Å². The van der Waals surface area contributed by atoms with E-state index in [9.17, 15) is 14.0 Å². The minimum absolute atomic E-state index is 0. The first kappa shape index (κ1) is 25.2. The lowest BCUT2D eigenvalue weighted by Gasteiger charge is -2.43. The van der Waals surface area contributed by atoms with Gasteiger partial charge in [-0.2, -0.15) is 0 Å². The lowest BCUT2D eigenvalue weighted by Crippen LogP contribution is -2.58. The molecule has 178 valence electrons. The maximum absolute atomic E-state index is 13.9. The molecule has 2 fully saturated rings. The number of nitrogens with zero attached hydrogens (tertiary/aromatic N) is 1. The molecule has 1 saturated heterocycles. The number of carbonyl (C=O) groups excluding carboxylic acids is 2. The molecule has 5 nitrogen and oxygen atoms in total. The fourth-order valence-electron chi connectivity index (χ4n) is 4.74. The van der Waals surface area contributed by atoms with Gasteiger partial charge in [0, 0.05) is 24.2 Å². The molecule has 0 spiro atoms. The van der Waals surface area contributed by atoms with Crippen LogP contribution in [0, 0.1) is 18.7 Å². The van der Waals surface area contributed by atoms with Crippen LogP contribution in [0.1, 0.15) is 54.6 Å². The Balaban J connectivity index is 0.00000306. The number of halogens is 2. The Morgan fingerprint density at radius 3 is 2.42 bits per heavy atom. The first-order chi connectivity index (χ1) is 15.3. The molecule has 2 atom stereocenters. The van der Waals surface area contributed by atoms with E-state index in [-0.39, 0.29) is 48.0 Å². The summed E-state index contributed by atoms with van der Waals surface area (Å²) < 4.78 is 13.6. The second-order valence-corrected chi connectivity index (χ2v) is 9.51. The summed E-state index contributed by atoms with van der Waals surface area (Å²) in [5.74, 6) is -0.871. The third-order valence-electron chi connectivity index (χ3n) is 6.77. The standard InChI is InChI=1S/C26H32FN3O2.ClH/c1-17-15-18(9-12-22(17)27)24(31)29-23-13-14-28-16-21(23)25(32)30(20-10-11-20)26(2,3)19-7-5-4-6-8-19;/h4-9,12,15,20-21,23,28H,10-11,13-14,16H2,1-3H3,(H,29,31);1H. The zero-order chi connectivity index (χ0) is 22.9. The Morgan fingerprint density at radius 1 is 1.09 bits per heavy atom. The number of amides is 2. The van der Waals surface area contributed by atoms with Crippen molar-refractivity contribution in [3.63, 3.8) is 0 Å². The fourth-order valence-corrected chi connectivity index (χ4v) is 4.74. The normalized spacial score (nSPS) is 20.5. The van der Waals surface area contributed by atoms with Gasteiger partial charge in [0.25, 0.3) is 5.91 Å². The predicted molar refractivity (Wildman–Crippen MR) is 130 cm³/mol. The summed E-state index contributed by atoms with van der Waals surface area (Å²) >= 11 is 0. The molecule has 2 unspecified atom stereocenters. The Bertz CT molecular complexity index is 994. The molecule has 33 heavy (non-hydrogen) atoms. The lowest BCUT2D eigenvalue weighted by atomic mass is 9.86. The van der Waals surface area contributed by atoms with Gasteiger partial charge in [-0.25, -0.2) is 4.39 Å². The van der Waals surface area contributed by atoms with Gasteiger partial charge in [-0.05, 0) is 75.9 Å². The number of benzene rings is 2. The summed E-state index contributed by atoms with van der Waals surface area (Å²) in [6.45, 7) is 7.11. The largest absolute Gasteiger partial charge is 0.348 e. The summed E-state index contributed by atoms with van der Waals surface area (Å²) in [5, 5.41) is 6.40. The van der Waals surface area contributed by atoms with Gasteiger partial charge < -0.3 is 15.5 Å². The topological polar surface area (TPSA) is 61.4 Å². The molecule has 1 saturated carbocycles. The SMILES string of the molecule is Cc1cc(C(=O)NC2CCNCC2C(=O)N(C2CC2)C(C)(C)c2ccccc2)ccc1F.Cl. The molecule has 2 aromatic rings. The molecule has 0 bridgehead atoms. The Labute approximate surface area is 201 Å². The number of hydrogen-bond donors (Lipinski definition) is 2. The zero-order valence-electron chi connectivity index (χ0n) is 19.4. The monoisotopic (exact) mass is 473 g/mol. The Morgan fingerprint density at radius 2 is 1.79 bits per heavy atom. The van der Waals surface area contributed by atoms with Crippen molar-refractivity contribution in [2.24, 2.45) is 5.92 Å². The first-order valence-corrected chi connectivity index (χ1v) is 11.5. The van der Waals surface area contributed by atoms with Gasteiger partial charge in [0.15, 0.2) is 0 Å². The van der Waals surface area contributed by atoms with Crippen molar-refractivity contribution in [1.82, 2.24) is 15.5 Å². The lowest BCUT2D eigenvalue weighted by molar-refractivity contribution is -0.143. The number of piperidine rings is 1. The molecule has 2 aliphatic rings. The maximum Gasteiger partial charge on any atom is 0.251 e. The smallest absolute Gasteiger partial charge is 0.251 e. The predicted octanol–water partition coefficient (Wildman–Crippen LogP) is 4.19. The van der Waals surface area contributed by atoms with Crippen LogP contribution in [-0.2, 0) is 10.3 Å². The maximum atomic E-state index is 13.9. The van der Waals surface area contributed by atoms with Gasteiger partial charge in [0.2, 0.25) is 5.91 Å². The molecule has 1 aliphatic heterocycles. The quantitative estimate of drug-likeness (QED) is 0.661. The molecule has 2 amide bonds. The second kappa shape index (κ2) is 10.2. The van der Waals surface area contributed by atoms with Crippen molar-refractivity contribution >= 4 is 24.2 Å². The van der Waals surface area contributed by atoms with Crippen LogP contribution in [0.25, 0.3) is 0 Å². The fraction of sp³-hybridized carbons (Fsp3) is 0.462. The van der Waals surface area contributed by atoms with E-state index in [1.165, 1.54) is 12.1 Å². The number of rotatable bonds is 6. The van der Waals surface area contributed by atoms with E-state index in [0.29, 0.717) is 24.1 Å². The van der Waals surface area contributed by atoms with Crippen molar-refractivity contribution in [2.75, 3.05) is 13.1 Å². The third kappa shape index (κ3) is 5.39. The minimum atomic E-state index is -0.445. The molecule has 2 aromatic carbocycles. The highest BCUT2D eigenvalue weighted by molar-refractivity contribution is 5.95. The van der Waals surface area contributed by atoms with Crippen molar-refractivity contribution in [1.29, 1.82) is 0 Å². The Kier molecular flexibility index (Phi) is 7.80. The van der Waals surface area contributed by atoms with Crippen LogP contribution in [-0.4, -0.2) is 41.9 Å². The van der Waals surface area contributed by atoms with Crippen molar-refractivity contribution in [3.8, 4) is 0 Å². The average molecular weight is 474 g/mol. The number of aryl methyl sites for hydroxylation is 1.